The van der Waals surface area contributed by atoms with E-state index in [2.05, 4.69) is 19.9 Å². The summed E-state index contributed by atoms with van der Waals surface area (Å²) in [6, 6.07) is 2.24. The summed E-state index contributed by atoms with van der Waals surface area (Å²) in [5.41, 5.74) is -1.10. The molecule has 0 aromatic carbocycles. The minimum Gasteiger partial charge on any atom is -0.274 e. The van der Waals surface area contributed by atoms with Crippen molar-refractivity contribution in [3.63, 3.8) is 0 Å². The van der Waals surface area contributed by atoms with Gasteiger partial charge in [0.2, 0.25) is 10.0 Å². The van der Waals surface area contributed by atoms with E-state index in [1.807, 2.05) is 6.07 Å². The Balaban J connectivity index is 1.92. The number of nitrogens with one attached hydrogen (secondary N) is 1. The van der Waals surface area contributed by atoms with Gasteiger partial charge in [0.25, 0.3) is 0 Å². The van der Waals surface area contributed by atoms with Gasteiger partial charge in [-0.25, -0.2) is 18.4 Å². The van der Waals surface area contributed by atoms with Crippen LogP contribution in [0, 0.1) is 18.3 Å². The Hall–Kier alpha value is -4.10. The lowest BCUT2D eigenvalue weighted by molar-refractivity contribution is -0.147. The number of pyridine rings is 2. The lowest BCUT2D eigenvalue weighted by Crippen LogP contribution is -2.42. The lowest BCUT2D eigenvalue weighted by Gasteiger charge is -2.17. The molecule has 1 atom stereocenters. The molecule has 0 spiro atoms. The second-order valence-electron chi connectivity index (χ2n) is 8.04. The molecule has 0 fully saturated rings. The molecule has 9 nitrogen and oxygen atoms in total. The summed E-state index contributed by atoms with van der Waals surface area (Å²) in [4.78, 5) is 15.6. The van der Waals surface area contributed by atoms with E-state index in [-0.39, 0.29) is 33.8 Å². The fourth-order valence-electron chi connectivity index (χ4n) is 3.45. The topological polar surface area (TPSA) is 126 Å². The van der Waals surface area contributed by atoms with Crippen molar-refractivity contribution in [3.8, 4) is 23.3 Å². The van der Waals surface area contributed by atoms with Crippen molar-refractivity contribution in [3.05, 3.63) is 59.8 Å². The minimum absolute atomic E-state index is 0.0727. The Morgan fingerprint density at radius 3 is 2.24 bits per heavy atom. The number of nitriles is 1. The van der Waals surface area contributed by atoms with Gasteiger partial charge in [-0.15, -0.1) is 0 Å². The number of fused-ring (bicyclic) bond motifs is 1. The van der Waals surface area contributed by atoms with Gasteiger partial charge in [0.05, 0.1) is 40.6 Å². The van der Waals surface area contributed by atoms with Crippen LogP contribution in [0.25, 0.3) is 28.2 Å². The zero-order valence-electron chi connectivity index (χ0n) is 19.3. The molecule has 4 aromatic rings. The molecule has 4 aromatic heterocycles. The second-order valence-corrected chi connectivity index (χ2v) is 9.76. The molecule has 4 rings (SSSR count). The number of alkyl halides is 6. The van der Waals surface area contributed by atoms with E-state index in [0.717, 1.165) is 24.4 Å². The van der Waals surface area contributed by atoms with Crippen LogP contribution in [0.15, 0.2) is 47.9 Å². The van der Waals surface area contributed by atoms with Crippen LogP contribution in [0.5, 0.6) is 0 Å². The molecule has 0 saturated carbocycles. The third-order valence-corrected chi connectivity index (χ3v) is 6.88. The summed E-state index contributed by atoms with van der Waals surface area (Å²) in [6.07, 6.45) is -5.58. The van der Waals surface area contributed by atoms with Crippen molar-refractivity contribution in [2.45, 2.75) is 37.1 Å². The first kappa shape index (κ1) is 26.9. The van der Waals surface area contributed by atoms with Crippen LogP contribution < -0.4 is 4.72 Å². The fraction of sp³-hybridized carbons (Fsp3) is 0.227. The van der Waals surface area contributed by atoms with Gasteiger partial charge in [-0.05, 0) is 32.0 Å². The maximum atomic E-state index is 13.4. The summed E-state index contributed by atoms with van der Waals surface area (Å²) < 4.78 is 106. The molecule has 4 heterocycles. The number of nitrogens with zero attached hydrogens (tertiary/aromatic N) is 6. The van der Waals surface area contributed by atoms with Crippen molar-refractivity contribution in [2.75, 3.05) is 0 Å². The standard InChI is InChI=1S/C22H15F6N7O2S/c1-11-7-32-18(10-30-11)35-19(16(6-29)15-5-13(22(26,27)28)8-33-20(15)35)17-4-3-14(9-31-17)38(36,37)34-12(2)21(23,24)25/h3-5,7-10,12,34H,1-2H3/t12-/m0/s1. The predicted octanol–water partition coefficient (Wildman–Crippen LogP) is 4.31. The Morgan fingerprint density at radius 1 is 1.00 bits per heavy atom. The van der Waals surface area contributed by atoms with E-state index in [1.54, 1.807) is 6.92 Å². The third-order valence-electron chi connectivity index (χ3n) is 5.36. The van der Waals surface area contributed by atoms with Gasteiger partial charge in [0.1, 0.15) is 22.7 Å². The lowest BCUT2D eigenvalue weighted by atomic mass is 10.1. The second kappa shape index (κ2) is 9.33. The largest absolute Gasteiger partial charge is 0.417 e. The van der Waals surface area contributed by atoms with Gasteiger partial charge in [0.15, 0.2) is 5.82 Å². The molecular weight excluding hydrogens is 540 g/mol. The number of hydrogen-bond donors (Lipinski definition) is 1. The van der Waals surface area contributed by atoms with E-state index in [0.29, 0.717) is 18.8 Å². The normalized spacial score (nSPS) is 13.4. The molecule has 38 heavy (non-hydrogen) atoms. The van der Waals surface area contributed by atoms with Gasteiger partial charge in [-0.3, -0.25) is 14.5 Å². The monoisotopic (exact) mass is 555 g/mol. The van der Waals surface area contributed by atoms with Crippen LogP contribution in [-0.2, 0) is 16.2 Å². The summed E-state index contributed by atoms with van der Waals surface area (Å²) >= 11 is 0. The molecule has 0 aliphatic heterocycles. The van der Waals surface area contributed by atoms with Gasteiger partial charge in [0, 0.05) is 17.8 Å². The van der Waals surface area contributed by atoms with Crippen LogP contribution in [0.3, 0.4) is 0 Å². The third kappa shape index (κ3) is 5.02. The minimum atomic E-state index is -4.83. The summed E-state index contributed by atoms with van der Waals surface area (Å²) in [5, 5.41) is 9.70. The SMILES string of the molecule is Cc1cnc(-n2c(-c3ccc(S(=O)(=O)N[C@@H](C)C(F)(F)F)cn3)c(C#N)c3cc(C(F)(F)F)cnc32)cn1. The number of aromatic nitrogens is 5. The molecular formula is C22H15F6N7O2S. The van der Waals surface area contributed by atoms with Crippen LogP contribution in [0.2, 0.25) is 0 Å². The fourth-order valence-corrected chi connectivity index (χ4v) is 4.62. The van der Waals surface area contributed by atoms with Gasteiger partial charge in [-0.1, -0.05) is 0 Å². The number of aryl methyl sites for hydroxylation is 1. The van der Waals surface area contributed by atoms with Crippen molar-refractivity contribution in [1.82, 2.24) is 29.2 Å². The zero-order valence-corrected chi connectivity index (χ0v) is 20.1. The maximum Gasteiger partial charge on any atom is 0.417 e. The van der Waals surface area contributed by atoms with Crippen molar-refractivity contribution in [2.24, 2.45) is 0 Å². The van der Waals surface area contributed by atoms with Gasteiger partial charge >= 0.3 is 12.4 Å². The van der Waals surface area contributed by atoms with Crippen molar-refractivity contribution < 1.29 is 34.8 Å². The smallest absolute Gasteiger partial charge is 0.274 e. The Kier molecular flexibility index (Phi) is 6.62. The van der Waals surface area contributed by atoms with Crippen LogP contribution in [-0.4, -0.2) is 45.1 Å². The maximum absolute atomic E-state index is 13.4. The molecule has 198 valence electrons. The number of rotatable bonds is 5. The van der Waals surface area contributed by atoms with E-state index >= 15 is 0 Å². The number of hydrogen-bond acceptors (Lipinski definition) is 7. The number of sulfonamides is 1. The van der Waals surface area contributed by atoms with E-state index in [9.17, 15) is 40.0 Å². The molecule has 0 aliphatic rings. The summed E-state index contributed by atoms with van der Waals surface area (Å²) in [7, 11) is -4.63. The van der Waals surface area contributed by atoms with E-state index in [4.69, 9.17) is 0 Å². The average molecular weight is 555 g/mol. The molecule has 0 radical (unpaired) electrons. The highest BCUT2D eigenvalue weighted by Gasteiger charge is 2.39. The van der Waals surface area contributed by atoms with Gasteiger partial charge in [-0.2, -0.15) is 36.3 Å². The van der Waals surface area contributed by atoms with Crippen molar-refractivity contribution >= 4 is 21.1 Å². The predicted molar refractivity (Wildman–Crippen MR) is 120 cm³/mol. The molecule has 1 N–H and O–H groups in total. The molecule has 0 aliphatic carbocycles. The average Bonchev–Trinajstić information content (AvgIpc) is 3.17. The van der Waals surface area contributed by atoms with E-state index < -0.39 is 38.9 Å². The molecule has 16 heteroatoms. The summed E-state index contributed by atoms with van der Waals surface area (Å²) in [5.74, 6) is 0.0727. The quantitative estimate of drug-likeness (QED) is 0.364. The Labute approximate surface area is 210 Å². The Morgan fingerprint density at radius 2 is 1.71 bits per heavy atom. The number of halogens is 6. The van der Waals surface area contributed by atoms with Crippen molar-refractivity contribution in [1.29, 1.82) is 5.26 Å². The van der Waals surface area contributed by atoms with Crippen LogP contribution >= 0.6 is 0 Å². The zero-order chi connectivity index (χ0) is 28.0. The molecule has 0 saturated heterocycles. The molecule has 0 unspecified atom stereocenters. The van der Waals surface area contributed by atoms with Crippen LogP contribution in [0.1, 0.15) is 23.7 Å². The van der Waals surface area contributed by atoms with Gasteiger partial charge < -0.3 is 0 Å². The highest BCUT2D eigenvalue weighted by Crippen LogP contribution is 2.37. The first-order chi connectivity index (χ1) is 17.6. The first-order valence-electron chi connectivity index (χ1n) is 10.5. The van der Waals surface area contributed by atoms with E-state index in [1.165, 1.54) is 21.7 Å². The molecule has 0 bridgehead atoms. The highest BCUT2D eigenvalue weighted by molar-refractivity contribution is 7.89. The van der Waals surface area contributed by atoms with Crippen LogP contribution in [0.4, 0.5) is 26.3 Å². The molecule has 0 amide bonds. The Bertz CT molecular complexity index is 1660. The first-order valence-corrected chi connectivity index (χ1v) is 12.0. The summed E-state index contributed by atoms with van der Waals surface area (Å²) in [6.45, 7) is 2.27. The highest BCUT2D eigenvalue weighted by atomic mass is 32.2.